The zero-order valence-corrected chi connectivity index (χ0v) is 15.5. The number of carboxylic acid groups (broad SMARTS) is 1. The van der Waals surface area contributed by atoms with Crippen molar-refractivity contribution in [1.29, 1.82) is 0 Å². The number of methoxy groups -OCH3 is 1. The Bertz CT molecular complexity index is 878. The molecule has 27 heavy (non-hydrogen) atoms. The molecule has 144 valence electrons. The van der Waals surface area contributed by atoms with Gasteiger partial charge in [-0.05, 0) is 24.1 Å². The Hall–Kier alpha value is -3.16. The molecule has 8 nitrogen and oxygen atoms in total. The zero-order valence-electron chi connectivity index (χ0n) is 15.5. The van der Waals surface area contributed by atoms with Gasteiger partial charge in [0.1, 0.15) is 18.3 Å². The fourth-order valence-corrected chi connectivity index (χ4v) is 2.54. The van der Waals surface area contributed by atoms with Gasteiger partial charge < -0.3 is 15.2 Å². The molecular weight excluding hydrogens is 350 g/mol. The fraction of sp³-hybridized carbons (Fsp3) is 0.368. The molecule has 0 aliphatic rings. The molecule has 0 aliphatic heterocycles. The van der Waals surface area contributed by atoms with E-state index in [0.717, 1.165) is 10.2 Å². The number of benzene rings is 1. The van der Waals surface area contributed by atoms with E-state index in [2.05, 4.69) is 10.4 Å². The van der Waals surface area contributed by atoms with E-state index in [1.807, 2.05) is 13.0 Å². The predicted molar refractivity (Wildman–Crippen MR) is 99.5 cm³/mol. The average Bonchev–Trinajstić information content (AvgIpc) is 2.67. The predicted octanol–water partition coefficient (Wildman–Crippen LogP) is 1.53. The number of ether oxygens (including phenoxy) is 1. The van der Waals surface area contributed by atoms with Gasteiger partial charge in [-0.1, -0.05) is 32.4 Å². The van der Waals surface area contributed by atoms with Gasteiger partial charge in [0.05, 0.1) is 12.8 Å². The largest absolute Gasteiger partial charge is 0.497 e. The third kappa shape index (κ3) is 5.16. The lowest BCUT2D eigenvalue weighted by Gasteiger charge is -2.20. The van der Waals surface area contributed by atoms with Crippen LogP contribution in [0.2, 0.25) is 0 Å². The van der Waals surface area contributed by atoms with Crippen LogP contribution in [0.25, 0.3) is 11.3 Å². The van der Waals surface area contributed by atoms with Crippen molar-refractivity contribution in [2.24, 2.45) is 5.92 Å². The van der Waals surface area contributed by atoms with Crippen molar-refractivity contribution in [3.8, 4) is 17.0 Å². The van der Waals surface area contributed by atoms with E-state index in [-0.39, 0.29) is 12.5 Å². The van der Waals surface area contributed by atoms with Crippen molar-refractivity contribution in [2.45, 2.75) is 32.9 Å². The van der Waals surface area contributed by atoms with E-state index in [4.69, 9.17) is 4.74 Å². The number of amides is 1. The summed E-state index contributed by atoms with van der Waals surface area (Å²) in [6, 6.07) is 9.02. The van der Waals surface area contributed by atoms with Crippen molar-refractivity contribution < 1.29 is 19.4 Å². The van der Waals surface area contributed by atoms with Gasteiger partial charge in [-0.15, -0.1) is 0 Å². The SMILES string of the molecule is CC[C@H](C)[C@@H](NC(=O)Cn1nc(-c2cccc(OC)c2)ccc1=O)C(=O)O. The lowest BCUT2D eigenvalue weighted by molar-refractivity contribution is -0.143. The Balaban J connectivity index is 2.22. The molecule has 0 unspecified atom stereocenters. The summed E-state index contributed by atoms with van der Waals surface area (Å²) < 4.78 is 6.19. The normalized spacial score (nSPS) is 12.9. The summed E-state index contributed by atoms with van der Waals surface area (Å²) in [7, 11) is 1.55. The first-order valence-electron chi connectivity index (χ1n) is 8.60. The number of nitrogens with zero attached hydrogens (tertiary/aromatic N) is 2. The average molecular weight is 373 g/mol. The molecule has 0 saturated heterocycles. The summed E-state index contributed by atoms with van der Waals surface area (Å²) in [6.07, 6.45) is 0.598. The van der Waals surface area contributed by atoms with Gasteiger partial charge in [0.25, 0.3) is 5.56 Å². The maximum absolute atomic E-state index is 12.3. The molecule has 0 aliphatic carbocycles. The third-order valence-corrected chi connectivity index (χ3v) is 4.32. The van der Waals surface area contributed by atoms with Gasteiger partial charge in [0, 0.05) is 11.6 Å². The number of nitrogens with one attached hydrogen (secondary N) is 1. The Morgan fingerprint density at radius 1 is 1.30 bits per heavy atom. The van der Waals surface area contributed by atoms with Crippen molar-refractivity contribution in [3.05, 3.63) is 46.8 Å². The molecule has 0 spiro atoms. The van der Waals surface area contributed by atoms with Crippen LogP contribution in [0, 0.1) is 5.92 Å². The summed E-state index contributed by atoms with van der Waals surface area (Å²) in [5.74, 6) is -1.29. The van der Waals surface area contributed by atoms with E-state index in [0.29, 0.717) is 17.9 Å². The first kappa shape index (κ1) is 20.2. The fourth-order valence-electron chi connectivity index (χ4n) is 2.54. The van der Waals surface area contributed by atoms with Crippen LogP contribution in [-0.4, -0.2) is 39.9 Å². The Morgan fingerprint density at radius 3 is 2.67 bits per heavy atom. The molecule has 2 aromatic rings. The minimum Gasteiger partial charge on any atom is -0.497 e. The minimum atomic E-state index is -1.11. The lowest BCUT2D eigenvalue weighted by Crippen LogP contribution is -2.47. The second-order valence-corrected chi connectivity index (χ2v) is 6.22. The molecule has 0 radical (unpaired) electrons. The van der Waals surface area contributed by atoms with Gasteiger partial charge in [0.15, 0.2) is 0 Å². The topological polar surface area (TPSA) is 111 Å². The number of carboxylic acids is 1. The molecule has 1 aromatic heterocycles. The third-order valence-electron chi connectivity index (χ3n) is 4.32. The number of carbonyl (C=O) groups excluding carboxylic acids is 1. The molecule has 2 atom stereocenters. The smallest absolute Gasteiger partial charge is 0.326 e. The molecule has 1 heterocycles. The maximum atomic E-state index is 12.3. The molecule has 0 fully saturated rings. The van der Waals surface area contributed by atoms with Gasteiger partial charge in [-0.3, -0.25) is 9.59 Å². The Kier molecular flexibility index (Phi) is 6.70. The Labute approximate surface area is 156 Å². The highest BCUT2D eigenvalue weighted by Crippen LogP contribution is 2.21. The van der Waals surface area contributed by atoms with Crippen LogP contribution in [0.4, 0.5) is 0 Å². The molecule has 0 bridgehead atoms. The summed E-state index contributed by atoms with van der Waals surface area (Å²) in [4.78, 5) is 35.6. The van der Waals surface area contributed by atoms with E-state index in [9.17, 15) is 19.5 Å². The van der Waals surface area contributed by atoms with E-state index >= 15 is 0 Å². The summed E-state index contributed by atoms with van der Waals surface area (Å²) in [5, 5.41) is 16.0. The van der Waals surface area contributed by atoms with E-state index in [1.54, 1.807) is 38.3 Å². The molecular formula is C19H23N3O5. The van der Waals surface area contributed by atoms with Crippen LogP contribution in [-0.2, 0) is 16.1 Å². The second-order valence-electron chi connectivity index (χ2n) is 6.22. The van der Waals surface area contributed by atoms with Crippen LogP contribution in [0.1, 0.15) is 20.3 Å². The molecule has 0 saturated carbocycles. The van der Waals surface area contributed by atoms with Crippen LogP contribution in [0.5, 0.6) is 5.75 Å². The molecule has 8 heteroatoms. The van der Waals surface area contributed by atoms with Crippen LogP contribution < -0.4 is 15.6 Å². The van der Waals surface area contributed by atoms with E-state index in [1.165, 1.54) is 6.07 Å². The first-order chi connectivity index (χ1) is 12.8. The standard InChI is InChI=1S/C19H23N3O5/c1-4-12(2)18(19(25)26)20-16(23)11-22-17(24)9-8-15(21-22)13-6-5-7-14(10-13)27-3/h5-10,12,18H,4,11H2,1-3H3,(H,20,23)(H,25,26)/t12-,18+/m0/s1. The van der Waals surface area contributed by atoms with Crippen LogP contribution in [0.15, 0.2) is 41.2 Å². The van der Waals surface area contributed by atoms with Crippen molar-refractivity contribution in [3.63, 3.8) is 0 Å². The van der Waals surface area contributed by atoms with Crippen molar-refractivity contribution >= 4 is 11.9 Å². The summed E-state index contributed by atoms with van der Waals surface area (Å²) >= 11 is 0. The molecule has 2 N–H and O–H groups in total. The van der Waals surface area contributed by atoms with Gasteiger partial charge in [-0.2, -0.15) is 5.10 Å². The number of hydrogen-bond donors (Lipinski definition) is 2. The quantitative estimate of drug-likeness (QED) is 0.726. The number of aromatic nitrogens is 2. The number of rotatable bonds is 8. The first-order valence-corrected chi connectivity index (χ1v) is 8.60. The molecule has 1 amide bonds. The number of hydrogen-bond acceptors (Lipinski definition) is 5. The zero-order chi connectivity index (χ0) is 20.0. The monoisotopic (exact) mass is 373 g/mol. The van der Waals surface area contributed by atoms with Crippen LogP contribution >= 0.6 is 0 Å². The second kappa shape index (κ2) is 8.98. The molecule has 1 aromatic carbocycles. The van der Waals surface area contributed by atoms with Crippen molar-refractivity contribution in [2.75, 3.05) is 7.11 Å². The van der Waals surface area contributed by atoms with Crippen LogP contribution in [0.3, 0.4) is 0 Å². The van der Waals surface area contributed by atoms with Gasteiger partial charge in [0.2, 0.25) is 5.91 Å². The highest BCUT2D eigenvalue weighted by atomic mass is 16.5. The number of carbonyl (C=O) groups is 2. The highest BCUT2D eigenvalue weighted by Gasteiger charge is 2.25. The summed E-state index contributed by atoms with van der Waals surface area (Å²) in [6.45, 7) is 3.22. The summed E-state index contributed by atoms with van der Waals surface area (Å²) in [5.41, 5.74) is 0.775. The molecule has 2 rings (SSSR count). The van der Waals surface area contributed by atoms with Gasteiger partial charge >= 0.3 is 5.97 Å². The maximum Gasteiger partial charge on any atom is 0.326 e. The Morgan fingerprint density at radius 2 is 2.04 bits per heavy atom. The highest BCUT2D eigenvalue weighted by molar-refractivity contribution is 5.83. The van der Waals surface area contributed by atoms with Crippen molar-refractivity contribution in [1.82, 2.24) is 15.1 Å². The number of aliphatic carboxylic acids is 1. The lowest BCUT2D eigenvalue weighted by atomic mass is 9.99. The van der Waals surface area contributed by atoms with E-state index < -0.39 is 23.5 Å². The van der Waals surface area contributed by atoms with Gasteiger partial charge in [-0.25, -0.2) is 9.48 Å². The minimum absolute atomic E-state index is 0.237.